The van der Waals surface area contributed by atoms with Gasteiger partial charge in [-0.2, -0.15) is 0 Å². The van der Waals surface area contributed by atoms with Gasteiger partial charge in [-0.25, -0.2) is 4.39 Å². The minimum Gasteiger partial charge on any atom is -0.497 e. The van der Waals surface area contributed by atoms with Crippen LogP contribution in [-0.4, -0.2) is 21.2 Å². The van der Waals surface area contributed by atoms with E-state index in [0.717, 1.165) is 11.4 Å². The summed E-state index contributed by atoms with van der Waals surface area (Å²) < 4.78 is 19.1. The minimum atomic E-state index is -0.266. The van der Waals surface area contributed by atoms with E-state index in [2.05, 4.69) is 5.32 Å². The summed E-state index contributed by atoms with van der Waals surface area (Å²) in [6.45, 7) is 1.94. The molecular formula is C17H21FN2O. The van der Waals surface area contributed by atoms with E-state index in [4.69, 9.17) is 4.74 Å². The van der Waals surface area contributed by atoms with E-state index < -0.39 is 0 Å². The summed E-state index contributed by atoms with van der Waals surface area (Å²) in [4.78, 5) is 2.03. The summed E-state index contributed by atoms with van der Waals surface area (Å²) >= 11 is 0. The Morgan fingerprint density at radius 1 is 1.14 bits per heavy atom. The molecule has 0 bridgehead atoms. The van der Waals surface area contributed by atoms with E-state index in [9.17, 15) is 4.39 Å². The predicted molar refractivity (Wildman–Crippen MR) is 85.8 cm³/mol. The fraction of sp³-hybridized carbons (Fsp3) is 0.294. The van der Waals surface area contributed by atoms with Crippen LogP contribution in [0.25, 0.3) is 0 Å². The van der Waals surface area contributed by atoms with Crippen LogP contribution in [-0.2, 0) is 0 Å². The Kier molecular flexibility index (Phi) is 4.68. The number of ether oxygens (including phenoxy) is 1. The summed E-state index contributed by atoms with van der Waals surface area (Å²) in [5, 5.41) is 3.32. The zero-order valence-corrected chi connectivity index (χ0v) is 12.9. The zero-order chi connectivity index (χ0) is 15.4. The molecule has 0 aliphatic heterocycles. The fourth-order valence-corrected chi connectivity index (χ4v) is 2.19. The van der Waals surface area contributed by atoms with Gasteiger partial charge in [0.2, 0.25) is 0 Å². The van der Waals surface area contributed by atoms with E-state index >= 15 is 0 Å². The number of rotatable bonds is 5. The molecule has 0 saturated heterocycles. The summed E-state index contributed by atoms with van der Waals surface area (Å²) in [5.41, 5.74) is 2.68. The van der Waals surface area contributed by atoms with E-state index in [1.54, 1.807) is 12.1 Å². The molecule has 21 heavy (non-hydrogen) atoms. The van der Waals surface area contributed by atoms with Crippen LogP contribution >= 0.6 is 0 Å². The van der Waals surface area contributed by atoms with Crippen molar-refractivity contribution in [1.29, 1.82) is 0 Å². The van der Waals surface area contributed by atoms with Crippen molar-refractivity contribution in [3.63, 3.8) is 0 Å². The van der Waals surface area contributed by atoms with Crippen LogP contribution in [0.4, 0.5) is 15.8 Å². The molecule has 2 aromatic rings. The summed E-state index contributed by atoms with van der Waals surface area (Å²) in [6, 6.07) is 12.8. The van der Waals surface area contributed by atoms with Crippen molar-refractivity contribution in [3.8, 4) is 5.75 Å². The van der Waals surface area contributed by atoms with Crippen LogP contribution < -0.4 is 15.0 Å². The molecule has 0 aliphatic rings. The monoisotopic (exact) mass is 288 g/mol. The SMILES string of the molecule is COc1ccc(C(C)Nc2cccc(N(C)C)c2)c(F)c1. The molecule has 2 rings (SSSR count). The van der Waals surface area contributed by atoms with Crippen molar-refractivity contribution in [2.24, 2.45) is 0 Å². The predicted octanol–water partition coefficient (Wildman–Crippen LogP) is 4.07. The van der Waals surface area contributed by atoms with Gasteiger partial charge < -0.3 is 15.0 Å². The van der Waals surface area contributed by atoms with Gasteiger partial charge in [0.25, 0.3) is 0 Å². The Morgan fingerprint density at radius 2 is 1.90 bits per heavy atom. The summed E-state index contributed by atoms with van der Waals surface area (Å²) in [6.07, 6.45) is 0. The number of benzene rings is 2. The maximum atomic E-state index is 14.1. The second-order valence-corrected chi connectivity index (χ2v) is 5.20. The van der Waals surface area contributed by atoms with Crippen molar-refractivity contribution in [2.75, 3.05) is 31.4 Å². The Hall–Kier alpha value is -2.23. The normalized spacial score (nSPS) is 11.9. The van der Waals surface area contributed by atoms with Gasteiger partial charge in [0.15, 0.2) is 0 Å². The number of nitrogens with one attached hydrogen (secondary N) is 1. The number of hydrogen-bond donors (Lipinski definition) is 1. The lowest BCUT2D eigenvalue weighted by Gasteiger charge is -2.19. The van der Waals surface area contributed by atoms with Gasteiger partial charge in [0.05, 0.1) is 13.2 Å². The quantitative estimate of drug-likeness (QED) is 0.897. The number of hydrogen-bond acceptors (Lipinski definition) is 3. The third kappa shape index (κ3) is 3.66. The Labute approximate surface area is 125 Å². The standard InChI is InChI=1S/C17H21FN2O/c1-12(16-9-8-15(21-4)11-17(16)18)19-13-6-5-7-14(10-13)20(2)3/h5-12,19H,1-4H3. The molecule has 0 aromatic heterocycles. The van der Waals surface area contributed by atoms with Crippen molar-refractivity contribution < 1.29 is 9.13 Å². The van der Waals surface area contributed by atoms with Crippen molar-refractivity contribution in [2.45, 2.75) is 13.0 Å². The van der Waals surface area contributed by atoms with E-state index in [1.807, 2.05) is 50.2 Å². The van der Waals surface area contributed by atoms with Gasteiger partial charge in [-0.3, -0.25) is 0 Å². The molecule has 0 amide bonds. The van der Waals surface area contributed by atoms with Crippen LogP contribution in [0.5, 0.6) is 5.75 Å². The molecule has 4 heteroatoms. The van der Waals surface area contributed by atoms with Gasteiger partial charge in [0, 0.05) is 37.1 Å². The maximum Gasteiger partial charge on any atom is 0.132 e. The first-order chi connectivity index (χ1) is 10.0. The zero-order valence-electron chi connectivity index (χ0n) is 12.9. The maximum absolute atomic E-state index is 14.1. The first-order valence-corrected chi connectivity index (χ1v) is 6.88. The van der Waals surface area contributed by atoms with Gasteiger partial charge >= 0.3 is 0 Å². The van der Waals surface area contributed by atoms with E-state index in [-0.39, 0.29) is 11.9 Å². The van der Waals surface area contributed by atoms with Crippen molar-refractivity contribution >= 4 is 11.4 Å². The second kappa shape index (κ2) is 6.48. The summed E-state index contributed by atoms with van der Waals surface area (Å²) in [7, 11) is 5.51. The highest BCUT2D eigenvalue weighted by atomic mass is 19.1. The van der Waals surface area contributed by atoms with Crippen LogP contribution in [0.15, 0.2) is 42.5 Å². The molecule has 1 N–H and O–H groups in total. The fourth-order valence-electron chi connectivity index (χ4n) is 2.19. The molecular weight excluding hydrogens is 267 g/mol. The largest absolute Gasteiger partial charge is 0.497 e. The van der Waals surface area contributed by atoms with Crippen molar-refractivity contribution in [3.05, 3.63) is 53.8 Å². The lowest BCUT2D eigenvalue weighted by Crippen LogP contribution is -2.11. The molecule has 0 radical (unpaired) electrons. The van der Waals surface area contributed by atoms with Gasteiger partial charge in [0.1, 0.15) is 11.6 Å². The lowest BCUT2D eigenvalue weighted by atomic mass is 10.1. The molecule has 0 heterocycles. The molecule has 0 aliphatic carbocycles. The smallest absolute Gasteiger partial charge is 0.132 e. The van der Waals surface area contributed by atoms with Crippen molar-refractivity contribution in [1.82, 2.24) is 0 Å². The number of methoxy groups -OCH3 is 1. The van der Waals surface area contributed by atoms with E-state index in [1.165, 1.54) is 13.2 Å². The Balaban J connectivity index is 2.17. The third-order valence-corrected chi connectivity index (χ3v) is 3.42. The van der Waals surface area contributed by atoms with Crippen LogP contribution in [0, 0.1) is 5.82 Å². The molecule has 0 fully saturated rings. The number of anilines is 2. The Bertz CT molecular complexity index is 613. The van der Waals surface area contributed by atoms with E-state index in [0.29, 0.717) is 11.3 Å². The molecule has 1 unspecified atom stereocenters. The number of nitrogens with zero attached hydrogens (tertiary/aromatic N) is 1. The first kappa shape index (κ1) is 15.2. The molecule has 0 spiro atoms. The minimum absolute atomic E-state index is 0.131. The van der Waals surface area contributed by atoms with Gasteiger partial charge in [-0.15, -0.1) is 0 Å². The molecule has 112 valence electrons. The van der Waals surface area contributed by atoms with Gasteiger partial charge in [-0.1, -0.05) is 12.1 Å². The van der Waals surface area contributed by atoms with Crippen LogP contribution in [0.3, 0.4) is 0 Å². The third-order valence-electron chi connectivity index (χ3n) is 3.42. The Morgan fingerprint density at radius 3 is 2.52 bits per heavy atom. The highest BCUT2D eigenvalue weighted by Crippen LogP contribution is 2.26. The average Bonchev–Trinajstić information content (AvgIpc) is 2.47. The molecule has 0 saturated carbocycles. The van der Waals surface area contributed by atoms with Crippen LogP contribution in [0.1, 0.15) is 18.5 Å². The topological polar surface area (TPSA) is 24.5 Å². The second-order valence-electron chi connectivity index (χ2n) is 5.20. The number of halogens is 1. The first-order valence-electron chi connectivity index (χ1n) is 6.88. The average molecular weight is 288 g/mol. The highest BCUT2D eigenvalue weighted by Gasteiger charge is 2.12. The van der Waals surface area contributed by atoms with Crippen LogP contribution in [0.2, 0.25) is 0 Å². The lowest BCUT2D eigenvalue weighted by molar-refractivity contribution is 0.410. The summed E-state index contributed by atoms with van der Waals surface area (Å²) in [5.74, 6) is 0.260. The highest BCUT2D eigenvalue weighted by molar-refractivity contribution is 5.58. The molecule has 3 nitrogen and oxygen atoms in total. The molecule has 2 aromatic carbocycles. The van der Waals surface area contributed by atoms with Gasteiger partial charge in [-0.05, 0) is 31.2 Å². The molecule has 1 atom stereocenters.